The molecule has 1 fully saturated rings. The predicted molar refractivity (Wildman–Crippen MR) is 64.0 cm³/mol. The van der Waals surface area contributed by atoms with Gasteiger partial charge in [0.25, 0.3) is 11.2 Å². The molecule has 0 unspecified atom stereocenters. The lowest BCUT2D eigenvalue weighted by atomic mass is 9.97. The lowest BCUT2D eigenvalue weighted by Crippen LogP contribution is -2.64. The molecule has 1 heterocycles. The number of rotatable bonds is 5. The molecule has 1 amide bonds. The van der Waals surface area contributed by atoms with Gasteiger partial charge in [0.05, 0.1) is 6.61 Å². The summed E-state index contributed by atoms with van der Waals surface area (Å²) in [6.45, 7) is 2.87. The fraction of sp³-hybridized carbons (Fsp3) is 0.900. The van der Waals surface area contributed by atoms with E-state index in [9.17, 15) is 15.0 Å². The summed E-state index contributed by atoms with van der Waals surface area (Å²) in [5.41, 5.74) is 0. The first-order valence-corrected chi connectivity index (χ1v) is 6.13. The number of carbonyl (C=O) groups excluding carboxylic acids is 1. The van der Waals surface area contributed by atoms with Crippen LogP contribution in [-0.2, 0) is 14.4 Å². The van der Waals surface area contributed by atoms with Gasteiger partial charge in [0.2, 0.25) is 5.91 Å². The molecule has 4 N–H and O–H groups in total. The van der Waals surface area contributed by atoms with Crippen molar-refractivity contribution in [3.63, 3.8) is 0 Å². The van der Waals surface area contributed by atoms with Crippen LogP contribution < -0.4 is 10.2 Å². The molecule has 1 rings (SSSR count). The fourth-order valence-electron chi connectivity index (χ4n) is 1.72. The molecule has 1 aliphatic rings. The molecule has 1 aliphatic heterocycles. The summed E-state index contributed by atoms with van der Waals surface area (Å²) in [5.74, 6) is -0.448. The molecular formula is C10H19N4O6+. The second-order valence-corrected chi connectivity index (χ2v) is 4.17. The number of hydrogen-bond donors (Lipinski definition) is 4. The van der Waals surface area contributed by atoms with Crippen molar-refractivity contribution in [2.75, 3.05) is 13.2 Å². The zero-order valence-electron chi connectivity index (χ0n) is 11.2. The third-order valence-corrected chi connectivity index (χ3v) is 2.64. The summed E-state index contributed by atoms with van der Waals surface area (Å²) in [6.07, 6.45) is -5.01. The zero-order chi connectivity index (χ0) is 15.1. The van der Waals surface area contributed by atoms with Crippen LogP contribution in [0.2, 0.25) is 0 Å². The lowest BCUT2D eigenvalue weighted by molar-refractivity contribution is -0.273. The first-order chi connectivity index (χ1) is 9.51. The highest BCUT2D eigenvalue weighted by molar-refractivity contribution is 5.73. The van der Waals surface area contributed by atoms with Crippen molar-refractivity contribution in [1.82, 2.24) is 10.2 Å². The quantitative estimate of drug-likeness (QED) is 0.258. The molecular weight excluding hydrogens is 272 g/mol. The smallest absolute Gasteiger partial charge is 0.360 e. The molecule has 0 saturated carbocycles. The second-order valence-electron chi connectivity index (χ2n) is 4.17. The molecule has 20 heavy (non-hydrogen) atoms. The average molecular weight is 291 g/mol. The number of amides is 1. The molecule has 0 bridgehead atoms. The average Bonchev–Trinajstić information content (AvgIpc) is 2.41. The summed E-state index contributed by atoms with van der Waals surface area (Å²) in [7, 11) is 0. The van der Waals surface area contributed by atoms with E-state index in [1.165, 1.54) is 6.92 Å². The maximum absolute atomic E-state index is 11.1. The first-order valence-electron chi connectivity index (χ1n) is 6.13. The van der Waals surface area contributed by atoms with Gasteiger partial charge in [-0.25, -0.2) is 0 Å². The van der Waals surface area contributed by atoms with Gasteiger partial charge in [-0.05, 0) is 6.92 Å². The number of ether oxygens (including phenoxy) is 1. The van der Waals surface area contributed by atoms with Crippen molar-refractivity contribution < 1.29 is 29.7 Å². The topological polar surface area (TPSA) is 147 Å². The molecule has 0 aromatic rings. The zero-order valence-corrected chi connectivity index (χ0v) is 11.2. The van der Waals surface area contributed by atoms with Gasteiger partial charge >= 0.3 is 5.28 Å². The van der Waals surface area contributed by atoms with Crippen LogP contribution in [0.4, 0.5) is 0 Å². The second kappa shape index (κ2) is 7.88. The van der Waals surface area contributed by atoms with Gasteiger partial charge in [-0.1, -0.05) is 0 Å². The minimum atomic E-state index is -1.38. The Balaban J connectivity index is 2.83. The lowest BCUT2D eigenvalue weighted by Gasteiger charge is -2.39. The number of aliphatic hydroxyl groups is 3. The molecule has 114 valence electrons. The van der Waals surface area contributed by atoms with Crippen LogP contribution in [0.1, 0.15) is 13.8 Å². The summed E-state index contributed by atoms with van der Waals surface area (Å²) in [4.78, 5) is 19.3. The number of nitrogens with zero attached hydrogens (tertiary/aromatic N) is 3. The van der Waals surface area contributed by atoms with Crippen LogP contribution >= 0.6 is 0 Å². The Hall–Kier alpha value is -1.58. The Morgan fingerprint density at radius 1 is 1.45 bits per heavy atom. The van der Waals surface area contributed by atoms with Crippen LogP contribution in [0.15, 0.2) is 10.4 Å². The number of aliphatic hydroxyl groups excluding tert-OH is 3. The van der Waals surface area contributed by atoms with Crippen molar-refractivity contribution >= 4 is 5.91 Å². The van der Waals surface area contributed by atoms with Crippen LogP contribution in [0.25, 0.3) is 0 Å². The molecule has 10 heteroatoms. The molecule has 0 aliphatic carbocycles. The van der Waals surface area contributed by atoms with Crippen molar-refractivity contribution in [2.24, 2.45) is 10.4 Å². The highest BCUT2D eigenvalue weighted by Crippen LogP contribution is 2.22. The van der Waals surface area contributed by atoms with E-state index in [0.717, 1.165) is 0 Å². The fourth-order valence-corrected chi connectivity index (χ4v) is 1.72. The van der Waals surface area contributed by atoms with E-state index in [1.807, 2.05) is 0 Å². The van der Waals surface area contributed by atoms with Crippen molar-refractivity contribution in [3.05, 3.63) is 0 Å². The van der Waals surface area contributed by atoms with Gasteiger partial charge in [0, 0.05) is 6.92 Å². The van der Waals surface area contributed by atoms with Crippen molar-refractivity contribution in [3.8, 4) is 0 Å². The SMILES string of the molecule is CCN=[N+]=NO[C@H]1O[C@H](CO)[C@@H](O)[C@H](O)[C@@H]1NC(C)=O. The molecule has 0 spiro atoms. The van der Waals surface area contributed by atoms with E-state index in [0.29, 0.717) is 6.54 Å². The number of carbonyl (C=O) groups is 1. The summed E-state index contributed by atoms with van der Waals surface area (Å²) in [5, 5.41) is 37.9. The van der Waals surface area contributed by atoms with Gasteiger partial charge < -0.3 is 25.4 Å². The maximum Gasteiger partial charge on any atom is 0.360 e. The third-order valence-electron chi connectivity index (χ3n) is 2.64. The van der Waals surface area contributed by atoms with E-state index >= 15 is 0 Å². The maximum atomic E-state index is 11.1. The van der Waals surface area contributed by atoms with Crippen LogP contribution in [0, 0.1) is 0 Å². The van der Waals surface area contributed by atoms with E-state index in [4.69, 9.17) is 14.7 Å². The van der Waals surface area contributed by atoms with Gasteiger partial charge in [0.15, 0.2) is 0 Å². The minimum absolute atomic E-state index is 0.411. The first kappa shape index (κ1) is 16.5. The van der Waals surface area contributed by atoms with Gasteiger partial charge in [0.1, 0.15) is 36.0 Å². The highest BCUT2D eigenvalue weighted by Gasteiger charge is 2.46. The Morgan fingerprint density at radius 2 is 2.15 bits per heavy atom. The van der Waals surface area contributed by atoms with E-state index in [-0.39, 0.29) is 0 Å². The summed E-state index contributed by atoms with van der Waals surface area (Å²) < 4.78 is 5.22. The summed E-state index contributed by atoms with van der Waals surface area (Å²) >= 11 is 0. The third kappa shape index (κ3) is 4.22. The molecule has 0 radical (unpaired) electrons. The van der Waals surface area contributed by atoms with Crippen LogP contribution in [0.5, 0.6) is 0 Å². The number of nitrogens with one attached hydrogen (secondary N) is 1. The predicted octanol–water partition coefficient (Wildman–Crippen LogP) is -2.15. The van der Waals surface area contributed by atoms with Gasteiger partial charge in [-0.2, -0.15) is 0 Å². The van der Waals surface area contributed by atoms with Crippen LogP contribution in [-0.4, -0.2) is 65.0 Å². The molecule has 0 aromatic carbocycles. The largest absolute Gasteiger partial charge is 0.394 e. The Labute approximate surface area is 115 Å². The monoisotopic (exact) mass is 291 g/mol. The van der Waals surface area contributed by atoms with Crippen molar-refractivity contribution in [1.29, 1.82) is 0 Å². The number of hydrogen-bond acceptors (Lipinski definition) is 8. The Morgan fingerprint density at radius 3 is 2.70 bits per heavy atom. The van der Waals surface area contributed by atoms with Crippen LogP contribution in [0.3, 0.4) is 0 Å². The highest BCUT2D eigenvalue weighted by atomic mass is 16.8. The van der Waals surface area contributed by atoms with E-state index in [2.05, 4.69) is 20.6 Å². The van der Waals surface area contributed by atoms with Crippen molar-refractivity contribution in [2.45, 2.75) is 44.5 Å². The van der Waals surface area contributed by atoms with E-state index in [1.54, 1.807) is 6.92 Å². The molecule has 0 aromatic heterocycles. The molecule has 5 atom stereocenters. The minimum Gasteiger partial charge on any atom is -0.394 e. The Bertz CT molecular complexity index is 386. The van der Waals surface area contributed by atoms with Gasteiger partial charge in [-0.15, -0.1) is 0 Å². The Kier molecular flexibility index (Phi) is 6.49. The molecule has 10 nitrogen and oxygen atoms in total. The van der Waals surface area contributed by atoms with Gasteiger partial charge in [-0.3, -0.25) is 9.63 Å². The summed E-state index contributed by atoms with van der Waals surface area (Å²) in [6, 6.07) is -1.05. The van der Waals surface area contributed by atoms with E-state index < -0.39 is 43.2 Å². The standard InChI is InChI=1S/C10H18N4O6/c1-3-11-13-14-20-10-7(12-5(2)16)9(18)8(17)6(4-15)19-10/h6-10,15,17-18H,3-4H2,1-2H3/p+1/t6-,7+,8-,9-,10-/m1/s1. The normalized spacial score (nSPS) is 33.0. The molecule has 1 saturated heterocycles.